The monoisotopic (exact) mass is 269 g/mol. The van der Waals surface area contributed by atoms with Crippen LogP contribution in [0.2, 0.25) is 0 Å². The van der Waals surface area contributed by atoms with Crippen molar-refractivity contribution >= 4 is 22.2 Å². The molecular formula is C11H15N3O3S. The van der Waals surface area contributed by atoms with E-state index in [1.54, 1.807) is 10.3 Å². The molecule has 2 atom stereocenters. The number of hydrogen-bond donors (Lipinski definition) is 1. The molecule has 0 bridgehead atoms. The van der Waals surface area contributed by atoms with E-state index in [-0.39, 0.29) is 23.0 Å². The molecule has 1 aromatic heterocycles. The number of piperidine rings is 1. The Kier molecular flexibility index (Phi) is 3.63. The van der Waals surface area contributed by atoms with Crippen molar-refractivity contribution in [3.63, 3.8) is 0 Å². The van der Waals surface area contributed by atoms with E-state index in [0.717, 1.165) is 24.2 Å². The highest BCUT2D eigenvalue weighted by atomic mass is 32.1. The standard InChI is InChI=1S/C11H15N3O3S/c1-7-4-9(12)2-3-13(7)11(15)8-5-10(14(16)17)18-6-8/h5-7,9H,2-4,12H2,1H3. The molecule has 0 aromatic carbocycles. The van der Waals surface area contributed by atoms with Crippen LogP contribution in [0, 0.1) is 10.1 Å². The molecule has 0 saturated carbocycles. The first-order valence-corrected chi connectivity index (χ1v) is 6.66. The molecule has 2 N–H and O–H groups in total. The highest BCUT2D eigenvalue weighted by Crippen LogP contribution is 2.25. The summed E-state index contributed by atoms with van der Waals surface area (Å²) < 4.78 is 0. The molecule has 0 radical (unpaired) electrons. The number of carbonyl (C=O) groups excluding carboxylic acids is 1. The average molecular weight is 269 g/mol. The predicted molar refractivity (Wildman–Crippen MR) is 68.7 cm³/mol. The van der Waals surface area contributed by atoms with Gasteiger partial charge in [-0.3, -0.25) is 14.9 Å². The van der Waals surface area contributed by atoms with Crippen LogP contribution >= 0.6 is 11.3 Å². The van der Waals surface area contributed by atoms with E-state index in [9.17, 15) is 14.9 Å². The van der Waals surface area contributed by atoms with Gasteiger partial charge in [0.2, 0.25) is 0 Å². The maximum atomic E-state index is 12.2. The second-order valence-electron chi connectivity index (χ2n) is 4.56. The zero-order valence-corrected chi connectivity index (χ0v) is 10.9. The number of nitro groups is 1. The van der Waals surface area contributed by atoms with Crippen molar-refractivity contribution in [1.82, 2.24) is 4.90 Å². The lowest BCUT2D eigenvalue weighted by molar-refractivity contribution is -0.380. The van der Waals surface area contributed by atoms with E-state index in [0.29, 0.717) is 12.1 Å². The smallest absolute Gasteiger partial charge is 0.324 e. The quantitative estimate of drug-likeness (QED) is 0.652. The molecule has 7 heteroatoms. The summed E-state index contributed by atoms with van der Waals surface area (Å²) >= 11 is 0.980. The lowest BCUT2D eigenvalue weighted by Gasteiger charge is -2.36. The van der Waals surface area contributed by atoms with Gasteiger partial charge < -0.3 is 10.6 Å². The van der Waals surface area contributed by atoms with Crippen LogP contribution in [0.25, 0.3) is 0 Å². The maximum absolute atomic E-state index is 12.2. The summed E-state index contributed by atoms with van der Waals surface area (Å²) in [5.74, 6) is -0.140. The molecule has 1 aliphatic heterocycles. The predicted octanol–water partition coefficient (Wildman–Crippen LogP) is 1.61. The first-order chi connectivity index (χ1) is 8.49. The summed E-state index contributed by atoms with van der Waals surface area (Å²) in [6, 6.07) is 1.56. The SMILES string of the molecule is CC1CC(N)CCN1C(=O)c1csc([N+](=O)[O-])c1. The fourth-order valence-electron chi connectivity index (χ4n) is 2.21. The average Bonchev–Trinajstić information content (AvgIpc) is 2.77. The van der Waals surface area contributed by atoms with Crippen molar-refractivity contribution in [1.29, 1.82) is 0 Å². The summed E-state index contributed by atoms with van der Waals surface area (Å²) in [5, 5.41) is 12.1. The molecule has 18 heavy (non-hydrogen) atoms. The van der Waals surface area contributed by atoms with Crippen LogP contribution in [0.15, 0.2) is 11.4 Å². The van der Waals surface area contributed by atoms with Gasteiger partial charge in [0.1, 0.15) is 0 Å². The third-order valence-electron chi connectivity index (χ3n) is 3.19. The third-order valence-corrected chi connectivity index (χ3v) is 4.07. The lowest BCUT2D eigenvalue weighted by atomic mass is 9.98. The van der Waals surface area contributed by atoms with Crippen LogP contribution in [0.5, 0.6) is 0 Å². The Morgan fingerprint density at radius 2 is 2.39 bits per heavy atom. The van der Waals surface area contributed by atoms with Crippen molar-refractivity contribution < 1.29 is 9.72 Å². The topological polar surface area (TPSA) is 89.5 Å². The number of carbonyl (C=O) groups is 1. The Balaban J connectivity index is 2.13. The molecule has 0 spiro atoms. The van der Waals surface area contributed by atoms with Gasteiger partial charge in [-0.05, 0) is 19.8 Å². The van der Waals surface area contributed by atoms with E-state index in [1.165, 1.54) is 6.07 Å². The van der Waals surface area contributed by atoms with E-state index in [1.807, 2.05) is 6.92 Å². The Labute approximate surface area is 109 Å². The summed E-state index contributed by atoms with van der Waals surface area (Å²) in [4.78, 5) is 24.1. The van der Waals surface area contributed by atoms with Gasteiger partial charge in [-0.25, -0.2) is 0 Å². The molecule has 2 rings (SSSR count). The van der Waals surface area contributed by atoms with Gasteiger partial charge in [-0.15, -0.1) is 0 Å². The number of likely N-dealkylation sites (tertiary alicyclic amines) is 1. The number of thiophene rings is 1. The minimum atomic E-state index is -0.475. The zero-order valence-electron chi connectivity index (χ0n) is 10.0. The van der Waals surface area contributed by atoms with Gasteiger partial charge in [-0.1, -0.05) is 11.3 Å². The third kappa shape index (κ3) is 2.51. The maximum Gasteiger partial charge on any atom is 0.324 e. The first kappa shape index (κ1) is 13.0. The Morgan fingerprint density at radius 3 is 2.94 bits per heavy atom. The van der Waals surface area contributed by atoms with Crippen LogP contribution in [0.3, 0.4) is 0 Å². The van der Waals surface area contributed by atoms with Gasteiger partial charge in [0, 0.05) is 30.1 Å². The molecule has 1 fully saturated rings. The molecule has 1 aliphatic rings. The van der Waals surface area contributed by atoms with E-state index < -0.39 is 4.92 Å². The highest BCUT2D eigenvalue weighted by molar-refractivity contribution is 7.13. The molecule has 2 unspecified atom stereocenters. The lowest BCUT2D eigenvalue weighted by Crippen LogP contribution is -2.48. The summed E-state index contributed by atoms with van der Waals surface area (Å²) in [5.41, 5.74) is 6.24. The molecule has 98 valence electrons. The van der Waals surface area contributed by atoms with E-state index in [4.69, 9.17) is 5.73 Å². The summed E-state index contributed by atoms with van der Waals surface area (Å²) in [6.07, 6.45) is 1.56. The summed E-state index contributed by atoms with van der Waals surface area (Å²) in [7, 11) is 0. The van der Waals surface area contributed by atoms with Gasteiger partial charge in [0.15, 0.2) is 0 Å². The molecule has 1 amide bonds. The van der Waals surface area contributed by atoms with Gasteiger partial charge in [0.25, 0.3) is 5.91 Å². The van der Waals surface area contributed by atoms with Gasteiger partial charge in [0.05, 0.1) is 10.5 Å². The molecule has 6 nitrogen and oxygen atoms in total. The molecule has 2 heterocycles. The van der Waals surface area contributed by atoms with Crippen molar-refractivity contribution in [2.75, 3.05) is 6.54 Å². The Hall–Kier alpha value is -1.47. The number of nitrogens with zero attached hydrogens (tertiary/aromatic N) is 2. The summed E-state index contributed by atoms with van der Waals surface area (Å²) in [6.45, 7) is 2.57. The first-order valence-electron chi connectivity index (χ1n) is 5.78. The van der Waals surface area contributed by atoms with E-state index >= 15 is 0 Å². The van der Waals surface area contributed by atoms with Crippen molar-refractivity contribution in [2.24, 2.45) is 5.73 Å². The van der Waals surface area contributed by atoms with Gasteiger partial charge >= 0.3 is 5.00 Å². The Bertz CT molecular complexity index is 474. The van der Waals surface area contributed by atoms with Crippen molar-refractivity contribution in [3.8, 4) is 0 Å². The fraction of sp³-hybridized carbons (Fsp3) is 0.545. The molecule has 1 saturated heterocycles. The zero-order chi connectivity index (χ0) is 13.3. The molecule has 1 aromatic rings. The van der Waals surface area contributed by atoms with Crippen LogP contribution in [0.4, 0.5) is 5.00 Å². The Morgan fingerprint density at radius 1 is 1.67 bits per heavy atom. The molecular weight excluding hydrogens is 254 g/mol. The normalized spacial score (nSPS) is 24.0. The minimum absolute atomic E-state index is 0.000265. The van der Waals surface area contributed by atoms with Crippen LogP contribution in [0.1, 0.15) is 30.1 Å². The van der Waals surface area contributed by atoms with Crippen molar-refractivity contribution in [2.45, 2.75) is 31.8 Å². The van der Waals surface area contributed by atoms with Crippen LogP contribution < -0.4 is 5.73 Å². The van der Waals surface area contributed by atoms with Crippen LogP contribution in [-0.2, 0) is 0 Å². The number of hydrogen-bond acceptors (Lipinski definition) is 5. The number of nitrogens with two attached hydrogens (primary N) is 1. The van der Waals surface area contributed by atoms with E-state index in [2.05, 4.69) is 0 Å². The minimum Gasteiger partial charge on any atom is -0.336 e. The number of rotatable bonds is 2. The number of amides is 1. The van der Waals surface area contributed by atoms with Crippen molar-refractivity contribution in [3.05, 3.63) is 27.1 Å². The molecule has 0 aliphatic carbocycles. The fourth-order valence-corrected chi connectivity index (χ4v) is 2.91. The van der Waals surface area contributed by atoms with Gasteiger partial charge in [-0.2, -0.15) is 0 Å². The second kappa shape index (κ2) is 5.03. The highest BCUT2D eigenvalue weighted by Gasteiger charge is 2.29. The van der Waals surface area contributed by atoms with Crippen LogP contribution in [-0.4, -0.2) is 34.4 Å². The second-order valence-corrected chi connectivity index (χ2v) is 5.45. The largest absolute Gasteiger partial charge is 0.336 e.